The Morgan fingerprint density at radius 3 is 2.51 bits per heavy atom. The number of carbonyl (C=O) groups excluding carboxylic acids is 2. The molecule has 1 aliphatic rings. The van der Waals surface area contributed by atoms with Crippen molar-refractivity contribution in [1.82, 2.24) is 9.80 Å². The molecule has 0 N–H and O–H groups in total. The van der Waals surface area contributed by atoms with Gasteiger partial charge in [0.2, 0.25) is 0 Å². The fourth-order valence-electron chi connectivity index (χ4n) is 4.41. The average Bonchev–Trinajstić information content (AvgIpc) is 2.90. The molecule has 0 radical (unpaired) electrons. The molecule has 6 heteroatoms. The van der Waals surface area contributed by atoms with Crippen molar-refractivity contribution in [3.05, 3.63) is 95.6 Å². The maximum Gasteiger partial charge on any atom is 0.257 e. The molecule has 0 spiro atoms. The summed E-state index contributed by atoms with van der Waals surface area (Å²) >= 11 is 0. The van der Waals surface area contributed by atoms with Crippen LogP contribution in [0.4, 0.5) is 0 Å². The number of nitrogens with zero attached hydrogens (tertiary/aromatic N) is 2. The summed E-state index contributed by atoms with van der Waals surface area (Å²) in [5, 5.41) is 0. The van der Waals surface area contributed by atoms with Crippen molar-refractivity contribution in [3.63, 3.8) is 0 Å². The lowest BCUT2D eigenvalue weighted by Gasteiger charge is -2.33. The third-order valence-corrected chi connectivity index (χ3v) is 6.37. The second-order valence-corrected chi connectivity index (χ2v) is 8.82. The highest BCUT2D eigenvalue weighted by molar-refractivity contribution is 5.97. The molecule has 1 aliphatic heterocycles. The highest BCUT2D eigenvalue weighted by Gasteiger charge is 2.27. The minimum absolute atomic E-state index is 0.0508. The predicted octanol–water partition coefficient (Wildman–Crippen LogP) is 4.69. The topological polar surface area (TPSA) is 59.1 Å². The number of amides is 2. The van der Waals surface area contributed by atoms with Gasteiger partial charge in [-0.15, -0.1) is 0 Å². The van der Waals surface area contributed by atoms with Crippen molar-refractivity contribution < 1.29 is 19.1 Å². The van der Waals surface area contributed by atoms with Gasteiger partial charge in [0.15, 0.2) is 0 Å². The first-order valence-corrected chi connectivity index (χ1v) is 12.0. The van der Waals surface area contributed by atoms with Gasteiger partial charge in [0.25, 0.3) is 11.8 Å². The predicted molar refractivity (Wildman–Crippen MR) is 136 cm³/mol. The minimum Gasteiger partial charge on any atom is -0.497 e. The van der Waals surface area contributed by atoms with E-state index in [0.717, 1.165) is 18.4 Å². The standard InChI is InChI=1S/C29H32N2O4/c1-30-17-8-9-18-31(28(32)23-13-10-14-25(20-23)34-2)24(19-22-11-4-3-5-12-22)21-35-27-16-7-6-15-26(27)29(30)33/h3-7,10-16,20,24H,8-9,17-19,21H2,1-2H3/t24-/m0/s1. The van der Waals surface area contributed by atoms with Gasteiger partial charge < -0.3 is 19.3 Å². The lowest BCUT2D eigenvalue weighted by molar-refractivity contribution is 0.0590. The van der Waals surface area contributed by atoms with E-state index < -0.39 is 0 Å². The Balaban J connectivity index is 1.69. The highest BCUT2D eigenvalue weighted by atomic mass is 16.5. The number of carbonyl (C=O) groups is 2. The summed E-state index contributed by atoms with van der Waals surface area (Å²) in [6, 6.07) is 24.5. The molecule has 0 saturated carbocycles. The Bertz CT molecular complexity index is 1150. The van der Waals surface area contributed by atoms with Crippen LogP contribution in [0.25, 0.3) is 0 Å². The van der Waals surface area contributed by atoms with E-state index in [0.29, 0.717) is 42.1 Å². The van der Waals surface area contributed by atoms with Gasteiger partial charge in [-0.05, 0) is 55.2 Å². The van der Waals surface area contributed by atoms with E-state index in [1.807, 2.05) is 66.5 Å². The molecule has 35 heavy (non-hydrogen) atoms. The first-order chi connectivity index (χ1) is 17.1. The van der Waals surface area contributed by atoms with Crippen molar-refractivity contribution in [3.8, 4) is 11.5 Å². The molecule has 6 nitrogen and oxygen atoms in total. The van der Waals surface area contributed by atoms with Crippen LogP contribution in [0.5, 0.6) is 11.5 Å². The molecule has 0 aliphatic carbocycles. The van der Waals surface area contributed by atoms with Gasteiger partial charge in [-0.3, -0.25) is 9.59 Å². The largest absolute Gasteiger partial charge is 0.497 e. The van der Waals surface area contributed by atoms with Crippen LogP contribution < -0.4 is 9.47 Å². The zero-order valence-electron chi connectivity index (χ0n) is 20.4. The fourth-order valence-corrected chi connectivity index (χ4v) is 4.41. The molecule has 1 heterocycles. The van der Waals surface area contributed by atoms with Gasteiger partial charge in [0.05, 0.1) is 18.7 Å². The first-order valence-electron chi connectivity index (χ1n) is 12.0. The molecule has 0 saturated heterocycles. The van der Waals surface area contributed by atoms with Crippen LogP contribution in [0.2, 0.25) is 0 Å². The molecule has 1 atom stereocenters. The van der Waals surface area contributed by atoms with Gasteiger partial charge in [0, 0.05) is 25.7 Å². The molecule has 0 fully saturated rings. The molecule has 0 unspecified atom stereocenters. The molecule has 182 valence electrons. The SMILES string of the molecule is COc1cccc(C(=O)N2CCCCN(C)C(=O)c3ccccc3OC[C@@H]2Cc2ccccc2)c1. The van der Waals surface area contributed by atoms with Gasteiger partial charge in [-0.2, -0.15) is 0 Å². The third kappa shape index (κ3) is 6.01. The Hall–Kier alpha value is -3.80. The fraction of sp³-hybridized carbons (Fsp3) is 0.310. The van der Waals surface area contributed by atoms with E-state index in [4.69, 9.17) is 9.47 Å². The smallest absolute Gasteiger partial charge is 0.257 e. The van der Waals surface area contributed by atoms with Crippen molar-refractivity contribution in [1.29, 1.82) is 0 Å². The summed E-state index contributed by atoms with van der Waals surface area (Å²) in [6.07, 6.45) is 2.22. The van der Waals surface area contributed by atoms with E-state index >= 15 is 0 Å². The molecule has 3 aromatic carbocycles. The minimum atomic E-state index is -0.212. The molecular formula is C29H32N2O4. The van der Waals surface area contributed by atoms with Crippen molar-refractivity contribution in [2.24, 2.45) is 0 Å². The van der Waals surface area contributed by atoms with Crippen molar-refractivity contribution in [2.45, 2.75) is 25.3 Å². The Labute approximate surface area is 207 Å². The molecule has 0 aromatic heterocycles. The van der Waals surface area contributed by atoms with Crippen molar-refractivity contribution >= 4 is 11.8 Å². The second-order valence-electron chi connectivity index (χ2n) is 8.82. The van der Waals surface area contributed by atoms with Gasteiger partial charge in [-0.25, -0.2) is 0 Å². The Kier molecular flexibility index (Phi) is 8.03. The van der Waals surface area contributed by atoms with Gasteiger partial charge in [0.1, 0.15) is 18.1 Å². The summed E-state index contributed by atoms with van der Waals surface area (Å²) < 4.78 is 11.6. The van der Waals surface area contributed by atoms with Gasteiger partial charge >= 0.3 is 0 Å². The quantitative estimate of drug-likeness (QED) is 0.553. The first kappa shape index (κ1) is 24.3. The lowest BCUT2D eigenvalue weighted by Crippen LogP contribution is -2.46. The number of rotatable bonds is 4. The monoisotopic (exact) mass is 472 g/mol. The number of hydrogen-bond donors (Lipinski definition) is 0. The van der Waals surface area contributed by atoms with E-state index in [-0.39, 0.29) is 24.5 Å². The maximum absolute atomic E-state index is 13.8. The van der Waals surface area contributed by atoms with Crippen LogP contribution in [0, 0.1) is 0 Å². The molecule has 4 rings (SSSR count). The number of hydrogen-bond acceptors (Lipinski definition) is 4. The van der Waals surface area contributed by atoms with E-state index in [1.54, 1.807) is 24.1 Å². The number of ether oxygens (including phenoxy) is 2. The normalized spacial score (nSPS) is 17.0. The number of methoxy groups -OCH3 is 1. The third-order valence-electron chi connectivity index (χ3n) is 6.37. The van der Waals surface area contributed by atoms with E-state index in [2.05, 4.69) is 12.1 Å². The zero-order valence-corrected chi connectivity index (χ0v) is 20.4. The highest BCUT2D eigenvalue weighted by Crippen LogP contribution is 2.24. The van der Waals surface area contributed by atoms with Gasteiger partial charge in [-0.1, -0.05) is 48.5 Å². The van der Waals surface area contributed by atoms with E-state index in [1.165, 1.54) is 0 Å². The molecule has 2 amide bonds. The maximum atomic E-state index is 13.8. The van der Waals surface area contributed by atoms with Crippen molar-refractivity contribution in [2.75, 3.05) is 33.9 Å². The van der Waals surface area contributed by atoms with Crippen LogP contribution in [-0.4, -0.2) is 61.5 Å². The zero-order chi connectivity index (χ0) is 24.6. The summed E-state index contributed by atoms with van der Waals surface area (Å²) in [5.41, 5.74) is 2.25. The summed E-state index contributed by atoms with van der Waals surface area (Å²) in [5.74, 6) is 1.08. The van der Waals surface area contributed by atoms with Crippen LogP contribution in [0.15, 0.2) is 78.9 Å². The Morgan fingerprint density at radius 1 is 0.971 bits per heavy atom. The average molecular weight is 473 g/mol. The molecular weight excluding hydrogens is 440 g/mol. The number of benzene rings is 3. The van der Waals surface area contributed by atoms with Crippen LogP contribution >= 0.6 is 0 Å². The number of para-hydroxylation sites is 1. The van der Waals surface area contributed by atoms with E-state index in [9.17, 15) is 9.59 Å². The Morgan fingerprint density at radius 2 is 1.71 bits per heavy atom. The second kappa shape index (κ2) is 11.6. The summed E-state index contributed by atoms with van der Waals surface area (Å²) in [4.78, 5) is 30.5. The summed E-state index contributed by atoms with van der Waals surface area (Å²) in [7, 11) is 3.41. The van der Waals surface area contributed by atoms with Crippen LogP contribution in [0.3, 0.4) is 0 Å². The molecule has 0 bridgehead atoms. The van der Waals surface area contributed by atoms with Crippen LogP contribution in [0.1, 0.15) is 39.1 Å². The number of fused-ring (bicyclic) bond motifs is 1. The summed E-state index contributed by atoms with van der Waals surface area (Å²) in [6.45, 7) is 1.46. The van der Waals surface area contributed by atoms with Crippen LogP contribution in [-0.2, 0) is 6.42 Å². The molecule has 3 aromatic rings. The lowest BCUT2D eigenvalue weighted by atomic mass is 10.0.